The zero-order valence-electron chi connectivity index (χ0n) is 16.8. The number of hydrogen-bond donors (Lipinski definition) is 3. The predicted octanol–water partition coefficient (Wildman–Crippen LogP) is 2.01. The quantitative estimate of drug-likeness (QED) is 0.569. The summed E-state index contributed by atoms with van der Waals surface area (Å²) in [5.74, 6) is 0.582. The molecule has 0 radical (unpaired) electrons. The topological polar surface area (TPSA) is 125 Å². The zero-order valence-corrected chi connectivity index (χ0v) is 17.7. The summed E-state index contributed by atoms with van der Waals surface area (Å²) in [6.07, 6.45) is 10.2. The van der Waals surface area contributed by atoms with E-state index in [1.807, 2.05) is 0 Å². The number of aliphatic carboxylic acids is 1. The van der Waals surface area contributed by atoms with Gasteiger partial charge in [-0.05, 0) is 37.7 Å². The molecule has 160 valence electrons. The summed E-state index contributed by atoms with van der Waals surface area (Å²) in [7, 11) is -3.16. The molecule has 1 aliphatic carbocycles. The van der Waals surface area contributed by atoms with Crippen molar-refractivity contribution >= 4 is 33.8 Å². The van der Waals surface area contributed by atoms with Gasteiger partial charge < -0.3 is 15.7 Å². The third-order valence-electron chi connectivity index (χ3n) is 5.66. The monoisotopic (exact) mass is 423 g/mol. The van der Waals surface area contributed by atoms with Gasteiger partial charge in [0.2, 0.25) is 16.0 Å². The van der Waals surface area contributed by atoms with Crippen molar-refractivity contribution in [2.45, 2.75) is 51.1 Å². The highest BCUT2D eigenvalue weighted by Gasteiger charge is 2.26. The molecule has 2 atom stereocenters. The second-order valence-corrected chi connectivity index (χ2v) is 9.89. The number of hydrogen-bond acceptors (Lipinski definition) is 7. The summed E-state index contributed by atoms with van der Waals surface area (Å²) in [5.41, 5.74) is 0.629. The molecule has 1 aromatic heterocycles. The van der Waals surface area contributed by atoms with Crippen LogP contribution in [0.4, 0.5) is 11.8 Å². The van der Waals surface area contributed by atoms with Crippen LogP contribution in [0.1, 0.15) is 44.6 Å². The fourth-order valence-electron chi connectivity index (χ4n) is 3.91. The van der Waals surface area contributed by atoms with Gasteiger partial charge in [0.25, 0.3) is 0 Å². The van der Waals surface area contributed by atoms with Crippen LogP contribution in [0.3, 0.4) is 0 Å². The molecule has 1 aliphatic heterocycles. The van der Waals surface area contributed by atoms with Gasteiger partial charge in [-0.15, -0.1) is 0 Å². The Labute approximate surface area is 171 Å². The van der Waals surface area contributed by atoms with Gasteiger partial charge in [-0.2, -0.15) is 4.98 Å². The van der Waals surface area contributed by atoms with Crippen molar-refractivity contribution in [3.8, 4) is 0 Å². The number of nitrogens with one attached hydrogen (secondary N) is 2. The van der Waals surface area contributed by atoms with Crippen LogP contribution in [-0.2, 0) is 14.8 Å². The van der Waals surface area contributed by atoms with E-state index in [4.69, 9.17) is 5.11 Å². The number of carboxylic acid groups (broad SMARTS) is 1. The molecule has 1 saturated heterocycles. The Bertz CT molecular complexity index is 865. The van der Waals surface area contributed by atoms with E-state index in [9.17, 15) is 13.2 Å². The summed E-state index contributed by atoms with van der Waals surface area (Å²) in [5, 5.41) is 15.7. The largest absolute Gasteiger partial charge is 0.478 e. The van der Waals surface area contributed by atoms with Gasteiger partial charge in [-0.1, -0.05) is 13.3 Å². The fraction of sp³-hybridized carbons (Fsp3) is 0.632. The Balaban J connectivity index is 1.72. The van der Waals surface area contributed by atoms with E-state index < -0.39 is 16.0 Å². The number of rotatable bonds is 7. The van der Waals surface area contributed by atoms with Gasteiger partial charge >= 0.3 is 5.97 Å². The van der Waals surface area contributed by atoms with Crippen LogP contribution >= 0.6 is 0 Å². The standard InChI is InChI=1S/C19H29N5O4S/c1-13-4-3-5-16(13)22-18-14(6-7-17(25)26)12-20-19(23-18)21-15-8-10-24(11-9-15)29(2,27)28/h6-7,12-13,15-16H,3-5,8-11H2,1-2H3,(H,25,26)(H2,20,21,22,23)/b7-6+. The smallest absolute Gasteiger partial charge is 0.328 e. The maximum atomic E-state index is 11.7. The maximum Gasteiger partial charge on any atom is 0.328 e. The third kappa shape index (κ3) is 5.89. The van der Waals surface area contributed by atoms with Gasteiger partial charge in [-0.25, -0.2) is 22.5 Å². The fourth-order valence-corrected chi connectivity index (χ4v) is 4.78. The van der Waals surface area contributed by atoms with Crippen LogP contribution in [0, 0.1) is 5.92 Å². The van der Waals surface area contributed by atoms with Crippen molar-refractivity contribution in [2.24, 2.45) is 5.92 Å². The van der Waals surface area contributed by atoms with Gasteiger partial charge in [0.1, 0.15) is 5.82 Å². The lowest BCUT2D eigenvalue weighted by Gasteiger charge is -2.30. The Kier molecular flexibility index (Phi) is 6.74. The Morgan fingerprint density at radius 2 is 1.97 bits per heavy atom. The number of nitrogens with zero attached hydrogens (tertiary/aromatic N) is 3. The van der Waals surface area contributed by atoms with Gasteiger partial charge in [0.05, 0.1) is 6.26 Å². The van der Waals surface area contributed by atoms with Crippen molar-refractivity contribution in [3.63, 3.8) is 0 Å². The highest BCUT2D eigenvalue weighted by atomic mass is 32.2. The molecule has 29 heavy (non-hydrogen) atoms. The minimum absolute atomic E-state index is 0.0895. The average molecular weight is 424 g/mol. The number of anilines is 2. The lowest BCUT2D eigenvalue weighted by Crippen LogP contribution is -2.42. The first-order chi connectivity index (χ1) is 13.7. The van der Waals surface area contributed by atoms with Gasteiger partial charge in [0, 0.05) is 43.0 Å². The second kappa shape index (κ2) is 9.08. The summed E-state index contributed by atoms with van der Waals surface area (Å²) in [6, 6.07) is 0.388. The molecule has 0 bridgehead atoms. The molecule has 3 N–H and O–H groups in total. The van der Waals surface area contributed by atoms with E-state index >= 15 is 0 Å². The van der Waals surface area contributed by atoms with Crippen LogP contribution in [0.15, 0.2) is 12.3 Å². The first-order valence-corrected chi connectivity index (χ1v) is 11.8. The molecular formula is C19H29N5O4S. The highest BCUT2D eigenvalue weighted by Crippen LogP contribution is 2.29. The molecule has 1 aromatic rings. The number of sulfonamides is 1. The van der Waals surface area contributed by atoms with Crippen LogP contribution in [0.25, 0.3) is 6.08 Å². The van der Waals surface area contributed by atoms with E-state index in [1.165, 1.54) is 16.6 Å². The number of aromatic nitrogens is 2. The number of carbonyl (C=O) groups is 1. The molecule has 2 fully saturated rings. The van der Waals surface area contributed by atoms with E-state index in [-0.39, 0.29) is 6.04 Å². The van der Waals surface area contributed by atoms with Crippen LogP contribution in [0.5, 0.6) is 0 Å². The summed E-state index contributed by atoms with van der Waals surface area (Å²) in [6.45, 7) is 3.15. The van der Waals surface area contributed by atoms with Gasteiger partial charge in [-0.3, -0.25) is 0 Å². The normalized spacial score (nSPS) is 24.1. The number of carboxylic acids is 1. The predicted molar refractivity (Wildman–Crippen MR) is 112 cm³/mol. The van der Waals surface area contributed by atoms with Crippen LogP contribution < -0.4 is 10.6 Å². The van der Waals surface area contributed by atoms with Crippen molar-refractivity contribution in [3.05, 3.63) is 17.8 Å². The number of piperidine rings is 1. The molecule has 10 heteroatoms. The molecular weight excluding hydrogens is 394 g/mol. The average Bonchev–Trinajstić information content (AvgIpc) is 3.05. The third-order valence-corrected chi connectivity index (χ3v) is 6.97. The summed E-state index contributed by atoms with van der Waals surface area (Å²) < 4.78 is 24.8. The minimum Gasteiger partial charge on any atom is -0.478 e. The summed E-state index contributed by atoms with van der Waals surface area (Å²) >= 11 is 0. The Morgan fingerprint density at radius 1 is 1.24 bits per heavy atom. The second-order valence-electron chi connectivity index (χ2n) is 7.91. The van der Waals surface area contributed by atoms with E-state index in [2.05, 4.69) is 27.5 Å². The van der Waals surface area contributed by atoms with E-state index in [0.717, 1.165) is 25.3 Å². The summed E-state index contributed by atoms with van der Waals surface area (Å²) in [4.78, 5) is 19.8. The Hall–Kier alpha value is -2.20. The SMILES string of the molecule is CC1CCCC1Nc1nc(NC2CCN(S(C)(=O)=O)CC2)ncc1/C=C/C(=O)O. The molecule has 2 heterocycles. The van der Waals surface area contributed by atoms with E-state index in [0.29, 0.717) is 55.2 Å². The van der Waals surface area contributed by atoms with Gasteiger partial charge in [0.15, 0.2) is 0 Å². The van der Waals surface area contributed by atoms with Crippen molar-refractivity contribution in [1.82, 2.24) is 14.3 Å². The van der Waals surface area contributed by atoms with Crippen molar-refractivity contribution in [2.75, 3.05) is 30.0 Å². The van der Waals surface area contributed by atoms with Crippen LogP contribution in [-0.4, -0.2) is 65.2 Å². The molecule has 2 unspecified atom stereocenters. The van der Waals surface area contributed by atoms with Crippen LogP contribution in [0.2, 0.25) is 0 Å². The molecule has 0 aromatic carbocycles. The lowest BCUT2D eigenvalue weighted by molar-refractivity contribution is -0.131. The first kappa shape index (κ1) is 21.5. The first-order valence-electron chi connectivity index (χ1n) is 9.98. The lowest BCUT2D eigenvalue weighted by atomic mass is 10.1. The van der Waals surface area contributed by atoms with Crippen molar-refractivity contribution in [1.29, 1.82) is 0 Å². The van der Waals surface area contributed by atoms with E-state index in [1.54, 1.807) is 6.20 Å². The maximum absolute atomic E-state index is 11.7. The molecule has 0 spiro atoms. The molecule has 0 amide bonds. The zero-order chi connectivity index (χ0) is 21.0. The molecule has 3 rings (SSSR count). The highest BCUT2D eigenvalue weighted by molar-refractivity contribution is 7.88. The minimum atomic E-state index is -3.16. The van der Waals surface area contributed by atoms with Crippen molar-refractivity contribution < 1.29 is 18.3 Å². The molecule has 1 saturated carbocycles. The molecule has 2 aliphatic rings. The molecule has 9 nitrogen and oxygen atoms in total. The Morgan fingerprint density at radius 3 is 2.55 bits per heavy atom.